The van der Waals surface area contributed by atoms with E-state index < -0.39 is 23.7 Å². The van der Waals surface area contributed by atoms with Gasteiger partial charge in [-0.3, -0.25) is 0 Å². The van der Waals surface area contributed by atoms with E-state index in [4.69, 9.17) is 16.3 Å². The van der Waals surface area contributed by atoms with Gasteiger partial charge in [-0.25, -0.2) is 9.59 Å². The number of rotatable bonds is 7. The summed E-state index contributed by atoms with van der Waals surface area (Å²) in [6.45, 7) is 5.80. The molecule has 0 aliphatic heterocycles. The molecule has 1 atom stereocenters. The van der Waals surface area contributed by atoms with Gasteiger partial charge in [0.25, 0.3) is 0 Å². The van der Waals surface area contributed by atoms with E-state index in [2.05, 4.69) is 10.6 Å². The topological polar surface area (TPSA) is 87.7 Å². The molecule has 1 rings (SSSR count). The zero-order valence-electron chi connectivity index (χ0n) is 13.6. The van der Waals surface area contributed by atoms with Crippen molar-refractivity contribution in [1.82, 2.24) is 5.32 Å². The summed E-state index contributed by atoms with van der Waals surface area (Å²) in [7, 11) is 0. The summed E-state index contributed by atoms with van der Waals surface area (Å²) in [4.78, 5) is 23.0. The third-order valence-corrected chi connectivity index (χ3v) is 3.00. The van der Waals surface area contributed by atoms with Crippen LogP contribution in [0.3, 0.4) is 0 Å². The maximum Gasteiger partial charge on any atom is 0.408 e. The number of anilines is 1. The van der Waals surface area contributed by atoms with Gasteiger partial charge in [0.2, 0.25) is 0 Å². The van der Waals surface area contributed by atoms with Gasteiger partial charge in [0.05, 0.1) is 0 Å². The van der Waals surface area contributed by atoms with Crippen LogP contribution in [0.25, 0.3) is 0 Å². The monoisotopic (exact) mass is 342 g/mol. The highest BCUT2D eigenvalue weighted by molar-refractivity contribution is 6.18. The van der Waals surface area contributed by atoms with Crippen LogP contribution in [-0.2, 0) is 16.0 Å². The predicted molar refractivity (Wildman–Crippen MR) is 90.1 cm³/mol. The molecule has 0 aliphatic carbocycles. The summed E-state index contributed by atoms with van der Waals surface area (Å²) in [6, 6.07) is 6.25. The van der Waals surface area contributed by atoms with Gasteiger partial charge < -0.3 is 20.5 Å². The van der Waals surface area contributed by atoms with Gasteiger partial charge in [-0.05, 0) is 38.5 Å². The van der Waals surface area contributed by atoms with Crippen LogP contribution in [0.2, 0.25) is 0 Å². The lowest BCUT2D eigenvalue weighted by atomic mass is 10.1. The summed E-state index contributed by atoms with van der Waals surface area (Å²) in [5, 5.41) is 14.7. The van der Waals surface area contributed by atoms with Gasteiger partial charge in [-0.15, -0.1) is 11.6 Å². The van der Waals surface area contributed by atoms with Crippen molar-refractivity contribution in [3.8, 4) is 0 Å². The molecule has 7 heteroatoms. The Morgan fingerprint density at radius 2 is 1.87 bits per heavy atom. The molecule has 0 radical (unpaired) electrons. The highest BCUT2D eigenvalue weighted by Crippen LogP contribution is 2.12. The van der Waals surface area contributed by atoms with Crippen LogP contribution in [0.15, 0.2) is 24.3 Å². The fourth-order valence-electron chi connectivity index (χ4n) is 1.84. The molecular weight excluding hydrogens is 320 g/mol. The second-order valence-corrected chi connectivity index (χ2v) is 6.43. The molecule has 0 aromatic heterocycles. The van der Waals surface area contributed by atoms with Crippen molar-refractivity contribution in [3.05, 3.63) is 29.8 Å². The lowest BCUT2D eigenvalue weighted by Gasteiger charge is -2.22. The van der Waals surface area contributed by atoms with Gasteiger partial charge in [0, 0.05) is 24.5 Å². The third kappa shape index (κ3) is 7.74. The van der Waals surface area contributed by atoms with E-state index in [-0.39, 0.29) is 6.42 Å². The Bertz CT molecular complexity index is 526. The van der Waals surface area contributed by atoms with E-state index >= 15 is 0 Å². The molecule has 23 heavy (non-hydrogen) atoms. The van der Waals surface area contributed by atoms with Crippen molar-refractivity contribution in [2.24, 2.45) is 0 Å². The normalized spacial score (nSPS) is 12.3. The van der Waals surface area contributed by atoms with E-state index in [1.165, 1.54) is 0 Å². The number of aliphatic carboxylic acids is 1. The maximum absolute atomic E-state index is 11.7. The molecule has 128 valence electrons. The average molecular weight is 343 g/mol. The van der Waals surface area contributed by atoms with Crippen molar-refractivity contribution in [2.75, 3.05) is 17.7 Å². The number of carbonyl (C=O) groups is 2. The van der Waals surface area contributed by atoms with E-state index in [1.54, 1.807) is 20.8 Å². The van der Waals surface area contributed by atoms with Gasteiger partial charge in [-0.2, -0.15) is 0 Å². The Kier molecular flexibility index (Phi) is 7.16. The minimum atomic E-state index is -1.11. The van der Waals surface area contributed by atoms with Crippen molar-refractivity contribution in [2.45, 2.75) is 38.8 Å². The van der Waals surface area contributed by atoms with Gasteiger partial charge in [0.15, 0.2) is 0 Å². The molecule has 1 aromatic carbocycles. The summed E-state index contributed by atoms with van der Waals surface area (Å²) >= 11 is 5.60. The van der Waals surface area contributed by atoms with Crippen molar-refractivity contribution < 1.29 is 19.4 Å². The molecule has 1 amide bonds. The van der Waals surface area contributed by atoms with Crippen molar-refractivity contribution >= 4 is 29.4 Å². The molecule has 3 N–H and O–H groups in total. The molecule has 0 heterocycles. The van der Waals surface area contributed by atoms with Crippen LogP contribution in [0, 0.1) is 0 Å². The zero-order valence-corrected chi connectivity index (χ0v) is 14.3. The van der Waals surface area contributed by atoms with Crippen molar-refractivity contribution in [3.63, 3.8) is 0 Å². The minimum absolute atomic E-state index is 0.171. The second-order valence-electron chi connectivity index (χ2n) is 6.05. The Labute approximate surface area is 141 Å². The quantitative estimate of drug-likeness (QED) is 0.663. The molecule has 0 fully saturated rings. The number of benzene rings is 1. The number of carboxylic acid groups (broad SMARTS) is 1. The second kappa shape index (κ2) is 8.62. The number of hydrogen-bond acceptors (Lipinski definition) is 4. The molecule has 0 bridgehead atoms. The molecule has 0 aliphatic rings. The molecule has 1 unspecified atom stereocenters. The standard InChI is InChI=1S/C16H23ClN2O4/c1-16(2,3)23-15(22)19-13(14(20)21)10-11-4-6-12(7-5-11)18-9-8-17/h4-7,13,18H,8-10H2,1-3H3,(H,19,22)(H,20,21). The third-order valence-electron chi connectivity index (χ3n) is 2.81. The fraction of sp³-hybridized carbons (Fsp3) is 0.500. The van der Waals surface area contributed by atoms with E-state index in [0.717, 1.165) is 11.3 Å². The first-order chi connectivity index (χ1) is 10.7. The summed E-state index contributed by atoms with van der Waals surface area (Å²) in [6.07, 6.45) is -0.574. The van der Waals surface area contributed by atoms with Crippen molar-refractivity contribution in [1.29, 1.82) is 0 Å². The average Bonchev–Trinajstić information content (AvgIpc) is 2.43. The number of alkyl carbamates (subject to hydrolysis) is 1. The number of nitrogens with one attached hydrogen (secondary N) is 2. The number of amides is 1. The summed E-state index contributed by atoms with van der Waals surface area (Å²) in [5.74, 6) is -0.608. The SMILES string of the molecule is CC(C)(C)OC(=O)NC(Cc1ccc(NCCCl)cc1)C(=O)O. The number of carbonyl (C=O) groups excluding carboxylic acids is 1. The number of carboxylic acids is 1. The number of halogens is 1. The van der Waals surface area contributed by atoms with Crippen LogP contribution in [0.5, 0.6) is 0 Å². The van der Waals surface area contributed by atoms with Gasteiger partial charge >= 0.3 is 12.1 Å². The molecule has 1 aromatic rings. The highest BCUT2D eigenvalue weighted by Gasteiger charge is 2.24. The Morgan fingerprint density at radius 3 is 2.35 bits per heavy atom. The van der Waals surface area contributed by atoms with E-state index in [9.17, 15) is 14.7 Å². The molecule has 0 spiro atoms. The van der Waals surface area contributed by atoms with Crippen LogP contribution in [0.4, 0.5) is 10.5 Å². The molecule has 0 saturated carbocycles. The highest BCUT2D eigenvalue weighted by atomic mass is 35.5. The summed E-state index contributed by atoms with van der Waals surface area (Å²) in [5.41, 5.74) is 1.02. The van der Waals surface area contributed by atoms with Crippen LogP contribution >= 0.6 is 11.6 Å². The maximum atomic E-state index is 11.7. The number of alkyl halides is 1. The van der Waals surface area contributed by atoms with Crippen LogP contribution < -0.4 is 10.6 Å². The molecular formula is C16H23ClN2O4. The zero-order chi connectivity index (χ0) is 17.5. The van der Waals surface area contributed by atoms with E-state index in [0.29, 0.717) is 12.4 Å². The number of ether oxygens (including phenoxy) is 1. The Morgan fingerprint density at radius 1 is 1.26 bits per heavy atom. The fourth-order valence-corrected chi connectivity index (χ4v) is 1.93. The lowest BCUT2D eigenvalue weighted by Crippen LogP contribution is -2.44. The van der Waals surface area contributed by atoms with Gasteiger partial charge in [0.1, 0.15) is 11.6 Å². The predicted octanol–water partition coefficient (Wildman–Crippen LogP) is 2.86. The largest absolute Gasteiger partial charge is 0.480 e. The van der Waals surface area contributed by atoms with E-state index in [1.807, 2.05) is 24.3 Å². The first kappa shape index (κ1) is 19.1. The number of hydrogen-bond donors (Lipinski definition) is 3. The first-order valence-corrected chi connectivity index (χ1v) is 7.86. The Hall–Kier alpha value is -1.95. The smallest absolute Gasteiger partial charge is 0.408 e. The van der Waals surface area contributed by atoms with Crippen LogP contribution in [-0.4, -0.2) is 41.2 Å². The van der Waals surface area contributed by atoms with Gasteiger partial charge in [-0.1, -0.05) is 12.1 Å². The molecule has 0 saturated heterocycles. The Balaban J connectivity index is 2.65. The van der Waals surface area contributed by atoms with Crippen LogP contribution in [0.1, 0.15) is 26.3 Å². The minimum Gasteiger partial charge on any atom is -0.480 e. The first-order valence-electron chi connectivity index (χ1n) is 7.32. The lowest BCUT2D eigenvalue weighted by molar-refractivity contribution is -0.139. The molecule has 6 nitrogen and oxygen atoms in total. The summed E-state index contributed by atoms with van der Waals surface area (Å²) < 4.78 is 5.08.